The molecular weight excluding hydrogens is 465 g/mol. The van der Waals surface area contributed by atoms with Crippen molar-refractivity contribution in [1.82, 2.24) is 15.2 Å². The third-order valence-corrected chi connectivity index (χ3v) is 6.26. The van der Waals surface area contributed by atoms with Crippen LogP contribution in [0, 0.1) is 5.41 Å². The lowest BCUT2D eigenvalue weighted by atomic mass is 9.65. The summed E-state index contributed by atoms with van der Waals surface area (Å²) in [6.45, 7) is 18.6. The number of aromatic nitrogens is 1. The van der Waals surface area contributed by atoms with Crippen LogP contribution in [0.3, 0.4) is 0 Å². The number of nitrogens with zero attached hydrogens (tertiary/aromatic N) is 4. The minimum atomic E-state index is 0. The molecule has 0 aromatic carbocycles. The normalized spacial score (nSPS) is 23.6. The van der Waals surface area contributed by atoms with Gasteiger partial charge in [-0.2, -0.15) is 0 Å². The maximum absolute atomic E-state index is 5.64. The smallest absolute Gasteiger partial charge is 0.194 e. The molecule has 0 amide bonds. The van der Waals surface area contributed by atoms with Crippen molar-refractivity contribution in [3.63, 3.8) is 0 Å². The molecule has 1 aromatic rings. The summed E-state index contributed by atoms with van der Waals surface area (Å²) in [6.07, 6.45) is 2.14. The van der Waals surface area contributed by atoms with E-state index in [0.717, 1.165) is 44.6 Å². The monoisotopic (exact) mass is 501 g/mol. The van der Waals surface area contributed by atoms with Crippen LogP contribution in [0.15, 0.2) is 23.3 Å². The first-order valence-electron chi connectivity index (χ1n) is 10.1. The number of rotatable bonds is 4. The van der Waals surface area contributed by atoms with E-state index in [1.54, 1.807) is 0 Å². The number of anilines is 1. The predicted molar refractivity (Wildman–Crippen MR) is 127 cm³/mol. The van der Waals surface area contributed by atoms with Gasteiger partial charge in [0, 0.05) is 43.3 Å². The first kappa shape index (κ1) is 23.2. The highest BCUT2D eigenvalue weighted by Gasteiger charge is 2.53. The van der Waals surface area contributed by atoms with Gasteiger partial charge < -0.3 is 19.9 Å². The van der Waals surface area contributed by atoms with E-state index in [1.807, 2.05) is 6.20 Å². The lowest BCUT2D eigenvalue weighted by Gasteiger charge is -2.62. The molecule has 6 nitrogen and oxygen atoms in total. The second-order valence-corrected chi connectivity index (χ2v) is 8.85. The van der Waals surface area contributed by atoms with Gasteiger partial charge in [-0.1, -0.05) is 13.8 Å². The molecular formula is C21H36IN5O. The Hall–Kier alpha value is -1.09. The zero-order chi connectivity index (χ0) is 19.7. The molecule has 1 atom stereocenters. The molecule has 1 aromatic heterocycles. The molecule has 158 valence electrons. The van der Waals surface area contributed by atoms with E-state index in [9.17, 15) is 0 Å². The van der Waals surface area contributed by atoms with Crippen molar-refractivity contribution in [3.05, 3.63) is 23.9 Å². The first-order valence-corrected chi connectivity index (χ1v) is 10.1. The lowest BCUT2D eigenvalue weighted by molar-refractivity contribution is -0.0667. The van der Waals surface area contributed by atoms with Gasteiger partial charge in [-0.05, 0) is 45.4 Å². The van der Waals surface area contributed by atoms with Gasteiger partial charge in [-0.15, -0.1) is 24.0 Å². The van der Waals surface area contributed by atoms with Crippen LogP contribution in [0.4, 0.5) is 5.82 Å². The largest absolute Gasteiger partial charge is 0.375 e. The highest BCUT2D eigenvalue weighted by molar-refractivity contribution is 14.0. The van der Waals surface area contributed by atoms with Crippen molar-refractivity contribution >= 4 is 35.8 Å². The van der Waals surface area contributed by atoms with E-state index in [2.05, 4.69) is 73.8 Å². The Bertz CT molecular complexity index is 691. The average Bonchev–Trinajstić information content (AvgIpc) is 2.64. The van der Waals surface area contributed by atoms with Crippen LogP contribution >= 0.6 is 24.0 Å². The van der Waals surface area contributed by atoms with Crippen molar-refractivity contribution in [2.75, 3.05) is 37.7 Å². The third-order valence-electron chi connectivity index (χ3n) is 6.26. The molecule has 2 fully saturated rings. The van der Waals surface area contributed by atoms with Crippen molar-refractivity contribution < 1.29 is 4.74 Å². The lowest BCUT2D eigenvalue weighted by Crippen LogP contribution is -2.72. The Morgan fingerprint density at radius 3 is 2.71 bits per heavy atom. The van der Waals surface area contributed by atoms with Gasteiger partial charge in [0.25, 0.3) is 0 Å². The number of halogens is 1. The second-order valence-electron chi connectivity index (χ2n) is 8.85. The highest BCUT2D eigenvalue weighted by atomic mass is 127. The summed E-state index contributed by atoms with van der Waals surface area (Å²) in [5, 5.41) is 3.47. The van der Waals surface area contributed by atoms with E-state index in [4.69, 9.17) is 9.73 Å². The maximum atomic E-state index is 5.64. The Balaban J connectivity index is 0.00000280. The summed E-state index contributed by atoms with van der Waals surface area (Å²) in [5.41, 5.74) is 1.58. The van der Waals surface area contributed by atoms with E-state index < -0.39 is 0 Å². The van der Waals surface area contributed by atoms with Gasteiger partial charge in [-0.3, -0.25) is 0 Å². The fourth-order valence-electron chi connectivity index (χ4n) is 3.72. The maximum Gasteiger partial charge on any atom is 0.194 e. The number of guanidine groups is 1. The number of pyridine rings is 1. The zero-order valence-electron chi connectivity index (χ0n) is 18.2. The number of hydrogen-bond donors (Lipinski definition) is 1. The fraction of sp³-hybridized carbons (Fsp3) is 0.714. The number of aliphatic imine (C=N–C) groups is 1. The molecule has 1 unspecified atom stereocenters. The number of nitrogens with one attached hydrogen (secondary N) is 1. The van der Waals surface area contributed by atoms with Crippen molar-refractivity contribution in [3.8, 4) is 0 Å². The molecule has 7 heteroatoms. The minimum Gasteiger partial charge on any atom is -0.375 e. The zero-order valence-corrected chi connectivity index (χ0v) is 20.5. The minimum absolute atomic E-state index is 0. The summed E-state index contributed by atoms with van der Waals surface area (Å²) >= 11 is 0. The fourth-order valence-corrected chi connectivity index (χ4v) is 3.72. The molecule has 0 aliphatic carbocycles. The van der Waals surface area contributed by atoms with Gasteiger partial charge in [-0.25, -0.2) is 9.98 Å². The number of ether oxygens (including phenoxy) is 1. The standard InChI is InChI=1S/C21H35N5O.HI/c1-7-22-19(26-15-20(3,4)21(26,5)6)24-13-17-8-9-23-18(12-17)25-10-11-27-16(2)14-25;/h8-9,12,16H,7,10-11,13-15H2,1-6H3,(H,22,24);1H. The van der Waals surface area contributed by atoms with Crippen molar-refractivity contribution in [2.45, 2.75) is 59.7 Å². The van der Waals surface area contributed by atoms with Gasteiger partial charge in [0.15, 0.2) is 5.96 Å². The predicted octanol–water partition coefficient (Wildman–Crippen LogP) is 3.51. The Morgan fingerprint density at radius 1 is 1.36 bits per heavy atom. The molecule has 2 saturated heterocycles. The van der Waals surface area contributed by atoms with Crippen LogP contribution in [0.25, 0.3) is 0 Å². The summed E-state index contributed by atoms with van der Waals surface area (Å²) in [4.78, 5) is 14.2. The van der Waals surface area contributed by atoms with Crippen molar-refractivity contribution in [2.24, 2.45) is 10.4 Å². The van der Waals surface area contributed by atoms with E-state index in [0.29, 0.717) is 12.0 Å². The first-order chi connectivity index (χ1) is 12.7. The van der Waals surface area contributed by atoms with Crippen LogP contribution in [0.2, 0.25) is 0 Å². The van der Waals surface area contributed by atoms with Crippen LogP contribution < -0.4 is 10.2 Å². The molecule has 0 bridgehead atoms. The SMILES string of the molecule is CCNC(=NCc1ccnc(N2CCOC(C)C2)c1)N1CC(C)(C)C1(C)C.I. The van der Waals surface area contributed by atoms with E-state index in [-0.39, 0.29) is 35.6 Å². The molecule has 3 rings (SSSR count). The van der Waals surface area contributed by atoms with Crippen LogP contribution in [-0.2, 0) is 11.3 Å². The molecule has 0 saturated carbocycles. The number of hydrogen-bond acceptors (Lipinski definition) is 4. The van der Waals surface area contributed by atoms with Crippen LogP contribution in [0.1, 0.15) is 47.1 Å². The Kier molecular flexibility index (Phi) is 7.58. The van der Waals surface area contributed by atoms with Crippen molar-refractivity contribution in [1.29, 1.82) is 0 Å². The quantitative estimate of drug-likeness (QED) is 0.389. The van der Waals surface area contributed by atoms with Gasteiger partial charge >= 0.3 is 0 Å². The summed E-state index contributed by atoms with van der Waals surface area (Å²) in [5.74, 6) is 2.02. The Labute approximate surface area is 187 Å². The average molecular weight is 501 g/mol. The van der Waals surface area contributed by atoms with Gasteiger partial charge in [0.2, 0.25) is 0 Å². The molecule has 1 N–H and O–H groups in total. The van der Waals surface area contributed by atoms with Crippen LogP contribution in [0.5, 0.6) is 0 Å². The molecule has 2 aliphatic heterocycles. The number of likely N-dealkylation sites (tertiary alicyclic amines) is 1. The second kappa shape index (κ2) is 9.15. The van der Waals surface area contributed by atoms with Gasteiger partial charge in [0.05, 0.1) is 19.3 Å². The molecule has 0 spiro atoms. The molecule has 28 heavy (non-hydrogen) atoms. The topological polar surface area (TPSA) is 53.0 Å². The molecule has 2 aliphatic rings. The molecule has 3 heterocycles. The van der Waals surface area contributed by atoms with Crippen LogP contribution in [-0.4, -0.2) is 60.3 Å². The molecule has 0 radical (unpaired) electrons. The number of morpholine rings is 1. The summed E-state index contributed by atoms with van der Waals surface area (Å²) in [6, 6.07) is 4.22. The summed E-state index contributed by atoms with van der Waals surface area (Å²) < 4.78 is 5.64. The van der Waals surface area contributed by atoms with E-state index in [1.165, 1.54) is 5.56 Å². The third kappa shape index (κ3) is 4.72. The Morgan fingerprint density at radius 2 is 2.11 bits per heavy atom. The van der Waals surface area contributed by atoms with Gasteiger partial charge in [0.1, 0.15) is 5.82 Å². The highest BCUT2D eigenvalue weighted by Crippen LogP contribution is 2.46. The van der Waals surface area contributed by atoms with E-state index >= 15 is 0 Å². The summed E-state index contributed by atoms with van der Waals surface area (Å²) in [7, 11) is 0.